The number of hydrogen-bond donors (Lipinski definition) is 1. The Balaban J connectivity index is 0.000000203. The quantitative estimate of drug-likeness (QED) is 0.0861. The van der Waals surface area contributed by atoms with Crippen LogP contribution in [0.3, 0.4) is 0 Å². The number of aliphatic imine (C=N–C) groups is 3. The number of imidazole rings is 1. The molecule has 4 amide bonds. The van der Waals surface area contributed by atoms with E-state index in [0.717, 1.165) is 156 Å². The van der Waals surface area contributed by atoms with E-state index in [0.29, 0.717) is 19.6 Å². The number of halogens is 1. The number of benzene rings is 6. The van der Waals surface area contributed by atoms with E-state index in [1.807, 2.05) is 110 Å². The van der Waals surface area contributed by atoms with Crippen molar-refractivity contribution in [2.45, 2.75) is 239 Å². The summed E-state index contributed by atoms with van der Waals surface area (Å²) in [6.45, 7) is 34.0. The fourth-order valence-corrected chi connectivity index (χ4v) is 15.7. The number of allylic oxidation sites excluding steroid dienone is 1. The van der Waals surface area contributed by atoms with Gasteiger partial charge < -0.3 is 33.2 Å². The molecule has 1 aromatic heterocycles. The van der Waals surface area contributed by atoms with Crippen LogP contribution in [0.15, 0.2) is 140 Å². The SMILES string of the molecule is CC(C)(C)OC(=O)N1CCC[C@H]1C1=NC=C(I)C1.CC(C)(C)OC(=O)N1CCC[C@H]1C1=Nc2ccc(-c3ccc4cc(-c5cnc([C@@H]6CCCN6C(=O)OC(C)(C)C)[nH]5)ccc4c3)cc2C1.CC(C)(C)OC(=O)N1CCC[C@H]1C1=Nc2ccc(-c3ccc4cc(B5OC(C)(C)C(C)(C)O5)ccc4c3)cc2C1.S.S.S.S. The highest BCUT2D eigenvalue weighted by molar-refractivity contribution is 14.1. The van der Waals surface area contributed by atoms with Gasteiger partial charge in [-0.25, -0.2) is 24.2 Å². The number of nitrogens with zero attached hydrogens (tertiary/aromatic N) is 8. The van der Waals surface area contributed by atoms with Gasteiger partial charge in [0, 0.05) is 77.9 Å². The first-order valence-corrected chi connectivity index (χ1v) is 38.9. The second-order valence-electron chi connectivity index (χ2n) is 34.3. The summed E-state index contributed by atoms with van der Waals surface area (Å²) < 4.78 is 36.2. The van der Waals surface area contributed by atoms with Crippen LogP contribution in [-0.2, 0) is 41.1 Å². The normalized spacial score (nSPS) is 20.3. The summed E-state index contributed by atoms with van der Waals surface area (Å²) in [4.78, 5) is 80.6. The Kier molecular flexibility index (Phi) is 27.2. The lowest BCUT2D eigenvalue weighted by Gasteiger charge is -2.32. The highest BCUT2D eigenvalue weighted by atomic mass is 127. The fraction of sp³-hybridized carbons (Fsp3) is 0.482. The van der Waals surface area contributed by atoms with Gasteiger partial charge in [-0.05, 0) is 288 Å². The third-order valence-corrected chi connectivity index (χ3v) is 21.6. The summed E-state index contributed by atoms with van der Waals surface area (Å²) in [5.41, 5.74) is 12.5. The number of aromatic amines is 1. The molecular weight excluding hydrogens is 1570 g/mol. The molecule has 19 nitrogen and oxygen atoms in total. The molecule has 0 spiro atoms. The van der Waals surface area contributed by atoms with Gasteiger partial charge in [0.15, 0.2) is 0 Å². The number of carbonyl (C=O) groups excluding carboxylic acids is 4. The van der Waals surface area contributed by atoms with Crippen LogP contribution in [0, 0.1) is 0 Å². The highest BCUT2D eigenvalue weighted by Crippen LogP contribution is 2.42. The number of fused-ring (bicyclic) bond motifs is 4. The first-order valence-electron chi connectivity index (χ1n) is 37.8. The Morgan fingerprint density at radius 1 is 0.455 bits per heavy atom. The Morgan fingerprint density at radius 2 is 0.800 bits per heavy atom. The van der Waals surface area contributed by atoms with E-state index >= 15 is 0 Å². The van der Waals surface area contributed by atoms with Crippen LogP contribution in [0.25, 0.3) is 55.1 Å². The van der Waals surface area contributed by atoms with E-state index in [1.54, 1.807) is 4.90 Å². The van der Waals surface area contributed by atoms with Crippen molar-refractivity contribution in [3.8, 4) is 33.5 Å². The van der Waals surface area contributed by atoms with Crippen molar-refractivity contribution in [3.63, 3.8) is 0 Å². The van der Waals surface area contributed by atoms with E-state index in [4.69, 9.17) is 38.2 Å². The third-order valence-electron chi connectivity index (χ3n) is 20.9. The van der Waals surface area contributed by atoms with E-state index < -0.39 is 22.4 Å². The van der Waals surface area contributed by atoms with Gasteiger partial charge in [0.25, 0.3) is 0 Å². The fourth-order valence-electron chi connectivity index (χ4n) is 15.2. The van der Waals surface area contributed by atoms with Gasteiger partial charge in [-0.15, -0.1) is 0 Å². The molecule has 0 aliphatic carbocycles. The molecule has 6 aromatic carbocycles. The Labute approximate surface area is 691 Å². The lowest BCUT2D eigenvalue weighted by atomic mass is 9.78. The molecule has 15 rings (SSSR count). The largest absolute Gasteiger partial charge is 0.494 e. The van der Waals surface area contributed by atoms with E-state index in [1.165, 1.54) is 31.2 Å². The van der Waals surface area contributed by atoms with Crippen LogP contribution in [0.1, 0.15) is 192 Å². The molecule has 7 aromatic rings. The van der Waals surface area contributed by atoms with Crippen molar-refractivity contribution in [1.82, 2.24) is 29.6 Å². The third kappa shape index (κ3) is 20.1. The Bertz CT molecular complexity index is 4690. The summed E-state index contributed by atoms with van der Waals surface area (Å²) >= 11 is 2.29. The standard InChI is InChI=1S/C39H45N5O4.C33H39BN2O4.C13H19IN2O2.4H2S/c1-38(2,3)47-36(45)43-17-7-9-33(43)31-22-29-21-27(15-16-30(29)41-31)24-11-12-26-20-28(14-13-25(26)19-24)32-23-40-35(42-32)34-10-8-18-44(34)37(46)48-39(4,5)6;1-31(2,3)38-30(37)36-16-8-9-29(36)28-20-25-18-23(13-15-27(25)35-28)21-10-11-24-19-26(14-12-22(24)17-21)34-39-32(4,5)33(6,7)40-34;1-13(2,3)18-12(17)16-6-4-5-11(16)10-7-9(14)8-15-10;;;;/h11-16,19-21,23,33-34H,7-10,17-18,22H2,1-6H3,(H,40,42);10-15,17-19,29H,8-9,16,20H2,1-7H3;8,11H,4-7H2,1-3H3;4*1H2/t33-,34-;29-;11-;;;;/m000..../s1. The van der Waals surface area contributed by atoms with Crippen LogP contribution in [-0.4, -0.2) is 156 Å². The zero-order valence-corrected chi connectivity index (χ0v) is 72.7. The minimum absolute atomic E-state index is 0. The molecule has 25 heteroatoms. The molecule has 5 saturated heterocycles. The van der Waals surface area contributed by atoms with Crippen LogP contribution < -0.4 is 5.46 Å². The van der Waals surface area contributed by atoms with Gasteiger partial charge in [0.1, 0.15) is 28.2 Å². The maximum atomic E-state index is 12.9. The molecule has 5 fully saturated rings. The monoisotopic (exact) mass is 1680 g/mol. The highest BCUT2D eigenvalue weighted by Gasteiger charge is 2.52. The average molecular weight is 1680 g/mol. The van der Waals surface area contributed by atoms with Crippen LogP contribution >= 0.6 is 76.6 Å². The number of carbonyl (C=O) groups is 4. The van der Waals surface area contributed by atoms with Crippen molar-refractivity contribution >= 4 is 164 Å². The van der Waals surface area contributed by atoms with E-state index in [9.17, 15) is 19.2 Å². The van der Waals surface area contributed by atoms with E-state index in [2.05, 4.69) is 174 Å². The zero-order valence-electron chi connectivity index (χ0n) is 66.6. The molecule has 0 unspecified atom stereocenters. The van der Waals surface area contributed by atoms with Crippen molar-refractivity contribution < 1.29 is 47.4 Å². The van der Waals surface area contributed by atoms with Crippen molar-refractivity contribution in [2.24, 2.45) is 15.0 Å². The summed E-state index contributed by atoms with van der Waals surface area (Å²) in [6.07, 6.45) is 12.7. The summed E-state index contributed by atoms with van der Waals surface area (Å²) in [6, 6.07) is 39.0. The van der Waals surface area contributed by atoms with Gasteiger partial charge in [-0.2, -0.15) is 54.0 Å². The molecule has 590 valence electrons. The second kappa shape index (κ2) is 34.4. The van der Waals surface area contributed by atoms with Gasteiger partial charge in [0.2, 0.25) is 0 Å². The number of amides is 4. The minimum atomic E-state index is -0.538. The van der Waals surface area contributed by atoms with Crippen LogP contribution in [0.2, 0.25) is 0 Å². The van der Waals surface area contributed by atoms with Gasteiger partial charge in [-0.3, -0.25) is 34.6 Å². The number of nitrogens with one attached hydrogen (secondary N) is 1. The number of H-pyrrole nitrogens is 1. The second-order valence-corrected chi connectivity index (χ2v) is 35.7. The molecule has 0 saturated carbocycles. The Morgan fingerprint density at radius 3 is 1.20 bits per heavy atom. The van der Waals surface area contributed by atoms with Gasteiger partial charge >= 0.3 is 31.5 Å². The van der Waals surface area contributed by atoms with Crippen molar-refractivity contribution in [2.75, 3.05) is 26.2 Å². The number of likely N-dealkylation sites (tertiary alicyclic amines) is 4. The predicted octanol–water partition coefficient (Wildman–Crippen LogP) is 19.8. The zero-order chi connectivity index (χ0) is 75.6. The van der Waals surface area contributed by atoms with E-state index in [-0.39, 0.29) is 121 Å². The molecule has 110 heavy (non-hydrogen) atoms. The van der Waals surface area contributed by atoms with Crippen LogP contribution in [0.4, 0.5) is 30.6 Å². The smallest absolute Gasteiger partial charge is 0.444 e. The maximum Gasteiger partial charge on any atom is 0.494 e. The molecule has 4 atom stereocenters. The summed E-state index contributed by atoms with van der Waals surface area (Å²) in [5.74, 6) is 0.790. The number of rotatable bonds is 8. The molecule has 0 radical (unpaired) electrons. The van der Waals surface area contributed by atoms with Crippen molar-refractivity contribution in [3.05, 3.63) is 142 Å². The lowest BCUT2D eigenvalue weighted by Crippen LogP contribution is -2.43. The molecule has 9 heterocycles. The Hall–Kier alpha value is -7.01. The lowest BCUT2D eigenvalue weighted by molar-refractivity contribution is 0.00578. The van der Waals surface area contributed by atoms with Crippen LogP contribution in [0.5, 0.6) is 0 Å². The minimum Gasteiger partial charge on any atom is -0.444 e. The summed E-state index contributed by atoms with van der Waals surface area (Å²) in [7, 11) is -0.369. The molecule has 8 aliphatic heterocycles. The summed E-state index contributed by atoms with van der Waals surface area (Å²) in [5, 5.41) is 4.62. The average Bonchev–Trinajstić information content (AvgIpc) is 1.79. The first kappa shape index (κ1) is 87.0. The van der Waals surface area contributed by atoms with Gasteiger partial charge in [0.05, 0.1) is 58.6 Å². The molecule has 8 aliphatic rings. The first-order chi connectivity index (χ1) is 50.0. The van der Waals surface area contributed by atoms with Crippen molar-refractivity contribution in [1.29, 1.82) is 0 Å². The molecule has 0 bridgehead atoms. The van der Waals surface area contributed by atoms with Gasteiger partial charge in [-0.1, -0.05) is 66.7 Å². The topological polar surface area (TPSA) is 202 Å². The maximum absolute atomic E-state index is 12.9. The number of ether oxygens (including phenoxy) is 4. The number of hydrogen-bond acceptors (Lipinski definition) is 14. The molecular formula is C85H111BIN9O10S4. The predicted molar refractivity (Wildman–Crippen MR) is 472 cm³/mol. The molecule has 1 N–H and O–H groups in total. The number of aromatic nitrogens is 2.